The van der Waals surface area contributed by atoms with Gasteiger partial charge in [-0.15, -0.1) is 0 Å². The predicted octanol–water partition coefficient (Wildman–Crippen LogP) is 9.00. The molecule has 198 valence electrons. The molecule has 2 nitrogen and oxygen atoms in total. The zero-order valence-electron chi connectivity index (χ0n) is 21.5. The van der Waals surface area contributed by atoms with Gasteiger partial charge in [-0.2, -0.15) is 8.78 Å². The minimum absolute atomic E-state index is 0.0871. The van der Waals surface area contributed by atoms with Gasteiger partial charge in [0.2, 0.25) is 11.6 Å². The highest BCUT2D eigenvalue weighted by Gasteiger charge is 2.27. The minimum Gasteiger partial charge on any atom is -0.494 e. The molecule has 0 aromatic heterocycles. The third-order valence-electron chi connectivity index (χ3n) is 7.44. The summed E-state index contributed by atoms with van der Waals surface area (Å²) in [4.78, 5) is 0. The van der Waals surface area contributed by atoms with E-state index >= 15 is 8.78 Å². The third-order valence-corrected chi connectivity index (χ3v) is 7.44. The summed E-state index contributed by atoms with van der Waals surface area (Å²) in [5.41, 5.74) is 2.55. The average Bonchev–Trinajstić information content (AvgIpc) is 2.92. The molecule has 6 heteroatoms. The lowest BCUT2D eigenvalue weighted by molar-refractivity contribution is 0.191. The van der Waals surface area contributed by atoms with Gasteiger partial charge in [0.05, 0.1) is 13.7 Å². The Morgan fingerprint density at radius 2 is 1.41 bits per heavy atom. The molecular formula is C31H34F4O2. The van der Waals surface area contributed by atoms with E-state index < -0.39 is 23.3 Å². The Hall–Kier alpha value is -3.02. The third kappa shape index (κ3) is 6.28. The quantitative estimate of drug-likeness (QED) is 0.199. The van der Waals surface area contributed by atoms with E-state index in [9.17, 15) is 8.78 Å². The van der Waals surface area contributed by atoms with Crippen molar-refractivity contribution in [3.05, 3.63) is 82.9 Å². The summed E-state index contributed by atoms with van der Waals surface area (Å²) in [6.45, 7) is 2.40. The van der Waals surface area contributed by atoms with Crippen molar-refractivity contribution < 1.29 is 27.0 Å². The van der Waals surface area contributed by atoms with Crippen LogP contribution in [0.5, 0.6) is 11.5 Å². The van der Waals surface area contributed by atoms with Crippen LogP contribution in [0, 0.1) is 29.2 Å². The van der Waals surface area contributed by atoms with Crippen LogP contribution in [0.25, 0.3) is 11.1 Å². The topological polar surface area (TPSA) is 18.5 Å². The van der Waals surface area contributed by atoms with Crippen LogP contribution in [0.15, 0.2) is 48.5 Å². The van der Waals surface area contributed by atoms with E-state index in [1.807, 2.05) is 24.3 Å². The number of benzene rings is 3. The van der Waals surface area contributed by atoms with Gasteiger partial charge in [0, 0.05) is 5.56 Å². The number of halogens is 4. The van der Waals surface area contributed by atoms with E-state index in [-0.39, 0.29) is 35.5 Å². The normalized spacial score (nSPS) is 17.6. The fraction of sp³-hybridized carbons (Fsp3) is 0.419. The van der Waals surface area contributed by atoms with Crippen molar-refractivity contribution in [3.8, 4) is 22.6 Å². The maximum atomic E-state index is 15.1. The molecule has 0 saturated heterocycles. The van der Waals surface area contributed by atoms with Crippen LogP contribution in [0.3, 0.4) is 0 Å². The van der Waals surface area contributed by atoms with Crippen molar-refractivity contribution in [1.29, 1.82) is 0 Å². The van der Waals surface area contributed by atoms with Crippen LogP contribution in [0.1, 0.15) is 68.9 Å². The first-order valence-electron chi connectivity index (χ1n) is 13.1. The van der Waals surface area contributed by atoms with Gasteiger partial charge >= 0.3 is 0 Å². The van der Waals surface area contributed by atoms with Crippen LogP contribution in [-0.2, 0) is 6.42 Å². The number of rotatable bonds is 10. The smallest absolute Gasteiger partial charge is 0.204 e. The molecule has 1 aliphatic rings. The highest BCUT2D eigenvalue weighted by atomic mass is 19.2. The molecule has 0 N–H and O–H groups in total. The van der Waals surface area contributed by atoms with Gasteiger partial charge in [-0.25, -0.2) is 8.78 Å². The van der Waals surface area contributed by atoms with Gasteiger partial charge in [-0.05, 0) is 79.2 Å². The Morgan fingerprint density at radius 1 is 0.730 bits per heavy atom. The summed E-state index contributed by atoms with van der Waals surface area (Å²) in [6.07, 6.45) is 7.27. The van der Waals surface area contributed by atoms with Crippen LogP contribution in [0.4, 0.5) is 17.6 Å². The van der Waals surface area contributed by atoms with Crippen LogP contribution in [-0.4, -0.2) is 13.7 Å². The summed E-state index contributed by atoms with van der Waals surface area (Å²) in [7, 11) is 1.27. The molecule has 0 spiro atoms. The van der Waals surface area contributed by atoms with E-state index in [0.29, 0.717) is 24.0 Å². The van der Waals surface area contributed by atoms with E-state index in [1.165, 1.54) is 31.2 Å². The largest absolute Gasteiger partial charge is 0.494 e. The fourth-order valence-corrected chi connectivity index (χ4v) is 5.16. The second kappa shape index (κ2) is 12.5. The van der Waals surface area contributed by atoms with Gasteiger partial charge < -0.3 is 9.47 Å². The molecule has 0 heterocycles. The van der Waals surface area contributed by atoms with Crippen molar-refractivity contribution >= 4 is 0 Å². The van der Waals surface area contributed by atoms with Gasteiger partial charge in [0.25, 0.3) is 0 Å². The minimum atomic E-state index is -1.08. The fourth-order valence-electron chi connectivity index (χ4n) is 5.16. The molecule has 1 fully saturated rings. The van der Waals surface area contributed by atoms with Gasteiger partial charge in [-0.3, -0.25) is 0 Å². The second-order valence-corrected chi connectivity index (χ2v) is 9.91. The standard InChI is InChI=1S/C31H34F4O2/c1-3-4-5-6-20-7-11-22(12-8-20)24-15-16-25(29(33)28(24)32)23-13-9-21(10-14-23)19-37-27-18-17-26(36-2)30(34)31(27)35/h7-8,11-12,15-18,21,23H,3-6,9-10,13-14,19H2,1-2H3. The first kappa shape index (κ1) is 27.0. The number of aryl methyl sites for hydroxylation is 1. The number of hydrogen-bond donors (Lipinski definition) is 0. The van der Waals surface area contributed by atoms with Gasteiger partial charge in [0.15, 0.2) is 23.1 Å². The van der Waals surface area contributed by atoms with Gasteiger partial charge in [0.1, 0.15) is 0 Å². The highest BCUT2D eigenvalue weighted by molar-refractivity contribution is 5.65. The van der Waals surface area contributed by atoms with E-state index in [1.54, 1.807) is 12.1 Å². The Balaban J connectivity index is 1.35. The first-order valence-corrected chi connectivity index (χ1v) is 13.1. The molecular weight excluding hydrogens is 480 g/mol. The molecule has 4 rings (SSSR count). The lowest BCUT2D eigenvalue weighted by Crippen LogP contribution is -2.20. The summed E-state index contributed by atoms with van der Waals surface area (Å²) in [6, 6.07) is 13.8. The molecule has 37 heavy (non-hydrogen) atoms. The van der Waals surface area contributed by atoms with Crippen LogP contribution in [0.2, 0.25) is 0 Å². The molecule has 3 aromatic rings. The molecule has 0 atom stereocenters. The van der Waals surface area contributed by atoms with Crippen molar-refractivity contribution in [3.63, 3.8) is 0 Å². The van der Waals surface area contributed by atoms with E-state index in [4.69, 9.17) is 9.47 Å². The zero-order chi connectivity index (χ0) is 26.4. The maximum Gasteiger partial charge on any atom is 0.204 e. The van der Waals surface area contributed by atoms with Crippen LogP contribution < -0.4 is 9.47 Å². The highest BCUT2D eigenvalue weighted by Crippen LogP contribution is 2.39. The van der Waals surface area contributed by atoms with Crippen LogP contribution >= 0.6 is 0 Å². The SMILES string of the molecule is CCCCCc1ccc(-c2ccc(C3CCC(COc4ccc(OC)c(F)c4F)CC3)c(F)c2F)cc1. The predicted molar refractivity (Wildman–Crippen MR) is 138 cm³/mol. The van der Waals surface area contributed by atoms with E-state index in [0.717, 1.165) is 32.1 Å². The summed E-state index contributed by atoms with van der Waals surface area (Å²) >= 11 is 0. The van der Waals surface area contributed by atoms with Crippen molar-refractivity contribution in [2.45, 2.75) is 64.2 Å². The lowest BCUT2D eigenvalue weighted by Gasteiger charge is -2.29. The Morgan fingerprint density at radius 3 is 2.08 bits per heavy atom. The molecule has 3 aromatic carbocycles. The maximum absolute atomic E-state index is 15.1. The summed E-state index contributed by atoms with van der Waals surface area (Å²) < 4.78 is 68.6. The summed E-state index contributed by atoms with van der Waals surface area (Å²) in [5.74, 6) is -4.02. The number of methoxy groups -OCH3 is 1. The summed E-state index contributed by atoms with van der Waals surface area (Å²) in [5, 5.41) is 0. The Kier molecular flexibility index (Phi) is 9.12. The molecule has 0 bridgehead atoms. The molecule has 0 radical (unpaired) electrons. The van der Waals surface area contributed by atoms with Crippen molar-refractivity contribution in [1.82, 2.24) is 0 Å². The van der Waals surface area contributed by atoms with E-state index in [2.05, 4.69) is 6.92 Å². The van der Waals surface area contributed by atoms with Gasteiger partial charge in [-0.1, -0.05) is 56.2 Å². The number of ether oxygens (including phenoxy) is 2. The Labute approximate surface area is 216 Å². The number of hydrogen-bond acceptors (Lipinski definition) is 2. The van der Waals surface area contributed by atoms with Crippen molar-refractivity contribution in [2.24, 2.45) is 5.92 Å². The molecule has 1 saturated carbocycles. The molecule has 0 unspecified atom stereocenters. The molecule has 0 amide bonds. The lowest BCUT2D eigenvalue weighted by atomic mass is 9.78. The first-order chi connectivity index (χ1) is 17.9. The monoisotopic (exact) mass is 514 g/mol. The zero-order valence-corrected chi connectivity index (χ0v) is 21.5. The molecule has 1 aliphatic carbocycles. The molecule has 0 aliphatic heterocycles. The van der Waals surface area contributed by atoms with Crippen molar-refractivity contribution in [2.75, 3.05) is 13.7 Å². The average molecular weight is 515 g/mol. The second-order valence-electron chi connectivity index (χ2n) is 9.91. The Bertz CT molecular complexity index is 1180. The number of unbranched alkanes of at least 4 members (excludes halogenated alkanes) is 2.